The van der Waals surface area contributed by atoms with E-state index in [0.717, 1.165) is 12.8 Å². The van der Waals surface area contributed by atoms with Gasteiger partial charge < -0.3 is 15.7 Å². The summed E-state index contributed by atoms with van der Waals surface area (Å²) in [6.45, 7) is 0.356. The second kappa shape index (κ2) is 5.37. The van der Waals surface area contributed by atoms with Gasteiger partial charge in [0.2, 0.25) is 11.8 Å². The molecule has 6 heteroatoms. The average molecular weight is 254 g/mol. The predicted molar refractivity (Wildman–Crippen MR) is 62.6 cm³/mol. The third kappa shape index (κ3) is 2.80. The number of aliphatic carboxylic acids is 1. The lowest BCUT2D eigenvalue weighted by Crippen LogP contribution is -2.47. The number of hydrogen-bond acceptors (Lipinski definition) is 3. The van der Waals surface area contributed by atoms with Crippen molar-refractivity contribution in [2.24, 2.45) is 11.8 Å². The molecule has 3 N–H and O–H groups in total. The first kappa shape index (κ1) is 12.9. The number of carbonyl (C=O) groups excluding carboxylic acids is 2. The summed E-state index contributed by atoms with van der Waals surface area (Å²) in [7, 11) is 0. The predicted octanol–water partition coefficient (Wildman–Crippen LogP) is -0.118. The lowest BCUT2D eigenvalue weighted by Gasteiger charge is -2.25. The number of carboxylic acids is 1. The molecule has 3 atom stereocenters. The molecule has 2 amide bonds. The maximum atomic E-state index is 12.0. The third-order valence-electron chi connectivity index (χ3n) is 3.80. The van der Waals surface area contributed by atoms with Crippen molar-refractivity contribution in [1.82, 2.24) is 10.6 Å². The van der Waals surface area contributed by atoms with Crippen molar-refractivity contribution >= 4 is 17.8 Å². The molecule has 2 fully saturated rings. The summed E-state index contributed by atoms with van der Waals surface area (Å²) < 4.78 is 0. The van der Waals surface area contributed by atoms with E-state index in [1.165, 1.54) is 0 Å². The highest BCUT2D eigenvalue weighted by Crippen LogP contribution is 2.26. The molecule has 1 aliphatic heterocycles. The second-order valence-corrected chi connectivity index (χ2v) is 5.03. The zero-order valence-corrected chi connectivity index (χ0v) is 10.1. The normalized spacial score (nSPS) is 31.8. The number of nitrogens with one attached hydrogen (secondary N) is 2. The van der Waals surface area contributed by atoms with Gasteiger partial charge in [0.15, 0.2) is 0 Å². The minimum absolute atomic E-state index is 0.0247. The molecule has 1 heterocycles. The van der Waals surface area contributed by atoms with Crippen LogP contribution in [0.25, 0.3) is 0 Å². The molecular formula is C12H18N2O4. The largest absolute Gasteiger partial charge is 0.481 e. The second-order valence-electron chi connectivity index (χ2n) is 5.03. The summed E-state index contributed by atoms with van der Waals surface area (Å²) in [5.41, 5.74) is 0. The van der Waals surface area contributed by atoms with Gasteiger partial charge in [-0.1, -0.05) is 6.42 Å². The summed E-state index contributed by atoms with van der Waals surface area (Å²) >= 11 is 0. The lowest BCUT2D eigenvalue weighted by atomic mass is 9.96. The Morgan fingerprint density at radius 1 is 1.28 bits per heavy atom. The molecule has 18 heavy (non-hydrogen) atoms. The van der Waals surface area contributed by atoms with Crippen LogP contribution in [0.15, 0.2) is 0 Å². The molecule has 2 aliphatic rings. The van der Waals surface area contributed by atoms with Crippen LogP contribution in [0.1, 0.15) is 32.1 Å². The van der Waals surface area contributed by atoms with Gasteiger partial charge in [0.1, 0.15) is 0 Å². The van der Waals surface area contributed by atoms with Crippen molar-refractivity contribution in [2.45, 2.75) is 38.1 Å². The maximum Gasteiger partial charge on any atom is 0.308 e. The first-order valence-corrected chi connectivity index (χ1v) is 6.38. The summed E-state index contributed by atoms with van der Waals surface area (Å²) in [4.78, 5) is 34.0. The molecule has 0 aromatic rings. The van der Waals surface area contributed by atoms with Gasteiger partial charge in [-0.25, -0.2) is 0 Å². The Morgan fingerprint density at radius 2 is 2.06 bits per heavy atom. The first-order valence-electron chi connectivity index (χ1n) is 6.38. The fraction of sp³-hybridized carbons (Fsp3) is 0.750. The summed E-state index contributed by atoms with van der Waals surface area (Å²) in [6.07, 6.45) is 3.10. The monoisotopic (exact) mass is 254 g/mol. The fourth-order valence-corrected chi connectivity index (χ4v) is 2.69. The zero-order chi connectivity index (χ0) is 13.1. The van der Waals surface area contributed by atoms with E-state index in [-0.39, 0.29) is 23.8 Å². The van der Waals surface area contributed by atoms with Gasteiger partial charge >= 0.3 is 5.97 Å². The minimum atomic E-state index is -0.838. The van der Waals surface area contributed by atoms with Crippen LogP contribution in [0.2, 0.25) is 0 Å². The van der Waals surface area contributed by atoms with E-state index in [1.807, 2.05) is 0 Å². The zero-order valence-electron chi connectivity index (χ0n) is 10.1. The molecule has 100 valence electrons. The number of amides is 2. The van der Waals surface area contributed by atoms with Gasteiger partial charge in [-0.2, -0.15) is 0 Å². The van der Waals surface area contributed by atoms with Crippen molar-refractivity contribution in [3.8, 4) is 0 Å². The maximum absolute atomic E-state index is 12.0. The van der Waals surface area contributed by atoms with Crippen LogP contribution in [0.3, 0.4) is 0 Å². The van der Waals surface area contributed by atoms with Crippen molar-refractivity contribution < 1.29 is 19.5 Å². The van der Waals surface area contributed by atoms with E-state index in [0.29, 0.717) is 25.8 Å². The Balaban J connectivity index is 1.87. The van der Waals surface area contributed by atoms with Gasteiger partial charge in [0.25, 0.3) is 0 Å². The molecule has 1 aliphatic carbocycles. The van der Waals surface area contributed by atoms with Gasteiger partial charge in [-0.3, -0.25) is 14.4 Å². The molecule has 0 bridgehead atoms. The van der Waals surface area contributed by atoms with Crippen LogP contribution in [0.4, 0.5) is 0 Å². The van der Waals surface area contributed by atoms with Crippen LogP contribution in [0, 0.1) is 11.8 Å². The SMILES string of the molecule is O=C1CCC(C(=O)NC2CCCC2C(=O)O)CN1. The molecule has 2 rings (SSSR count). The topological polar surface area (TPSA) is 95.5 Å². The molecule has 0 aromatic carbocycles. The van der Waals surface area contributed by atoms with Crippen LogP contribution >= 0.6 is 0 Å². The van der Waals surface area contributed by atoms with Gasteiger partial charge in [-0.15, -0.1) is 0 Å². The standard InChI is InChI=1S/C12H18N2O4/c15-10-5-4-7(6-13-10)11(16)14-9-3-1-2-8(9)12(17)18/h7-9H,1-6H2,(H,13,15)(H,14,16)(H,17,18). The number of piperidine rings is 1. The van der Waals surface area contributed by atoms with E-state index in [2.05, 4.69) is 10.6 Å². The van der Waals surface area contributed by atoms with Crippen LogP contribution < -0.4 is 10.6 Å². The minimum Gasteiger partial charge on any atom is -0.481 e. The van der Waals surface area contributed by atoms with E-state index in [9.17, 15) is 14.4 Å². The van der Waals surface area contributed by atoms with Crippen LogP contribution in [0.5, 0.6) is 0 Å². The highest BCUT2D eigenvalue weighted by molar-refractivity contribution is 5.84. The van der Waals surface area contributed by atoms with E-state index in [4.69, 9.17) is 5.11 Å². The molecule has 1 saturated heterocycles. The van der Waals surface area contributed by atoms with E-state index in [1.54, 1.807) is 0 Å². The molecule has 0 aromatic heterocycles. The highest BCUT2D eigenvalue weighted by atomic mass is 16.4. The van der Waals surface area contributed by atoms with E-state index >= 15 is 0 Å². The van der Waals surface area contributed by atoms with Crippen LogP contribution in [-0.4, -0.2) is 35.5 Å². The van der Waals surface area contributed by atoms with Crippen molar-refractivity contribution in [1.29, 1.82) is 0 Å². The van der Waals surface area contributed by atoms with Gasteiger partial charge in [0.05, 0.1) is 11.8 Å². The Kier molecular flexibility index (Phi) is 3.84. The number of carboxylic acid groups (broad SMARTS) is 1. The first-order chi connectivity index (χ1) is 8.58. The third-order valence-corrected chi connectivity index (χ3v) is 3.80. The molecular weight excluding hydrogens is 236 g/mol. The lowest BCUT2D eigenvalue weighted by molar-refractivity contribution is -0.142. The Morgan fingerprint density at radius 3 is 2.67 bits per heavy atom. The van der Waals surface area contributed by atoms with Crippen molar-refractivity contribution in [2.75, 3.05) is 6.54 Å². The molecule has 0 spiro atoms. The number of rotatable bonds is 3. The number of carbonyl (C=O) groups is 3. The van der Waals surface area contributed by atoms with Crippen molar-refractivity contribution in [3.63, 3.8) is 0 Å². The highest BCUT2D eigenvalue weighted by Gasteiger charge is 2.35. The summed E-state index contributed by atoms with van der Waals surface area (Å²) in [5.74, 6) is -1.68. The van der Waals surface area contributed by atoms with Gasteiger partial charge in [-0.05, 0) is 19.3 Å². The van der Waals surface area contributed by atoms with Gasteiger partial charge in [0, 0.05) is 19.0 Å². The Bertz CT molecular complexity index is 359. The number of hydrogen-bond donors (Lipinski definition) is 3. The Labute approximate surface area is 105 Å². The van der Waals surface area contributed by atoms with Crippen LogP contribution in [-0.2, 0) is 14.4 Å². The molecule has 3 unspecified atom stereocenters. The Hall–Kier alpha value is -1.59. The quantitative estimate of drug-likeness (QED) is 0.654. The average Bonchev–Trinajstić information content (AvgIpc) is 2.78. The molecule has 1 saturated carbocycles. The molecule has 6 nitrogen and oxygen atoms in total. The van der Waals surface area contributed by atoms with E-state index < -0.39 is 11.9 Å². The fourth-order valence-electron chi connectivity index (χ4n) is 2.69. The summed E-state index contributed by atoms with van der Waals surface area (Å²) in [5, 5.41) is 14.5. The van der Waals surface area contributed by atoms with Crippen molar-refractivity contribution in [3.05, 3.63) is 0 Å². The molecule has 0 radical (unpaired) electrons. The smallest absolute Gasteiger partial charge is 0.308 e. The summed E-state index contributed by atoms with van der Waals surface area (Å²) in [6, 6.07) is -0.257.